The van der Waals surface area contributed by atoms with Crippen LogP contribution in [0.4, 0.5) is 4.39 Å². The molecular formula is C4H11FO. The van der Waals surface area contributed by atoms with Crippen LogP contribution in [0.25, 0.3) is 0 Å². The van der Waals surface area contributed by atoms with Crippen LogP contribution in [-0.4, -0.2) is 18.4 Å². The van der Waals surface area contributed by atoms with E-state index in [1.807, 2.05) is 0 Å². The summed E-state index contributed by atoms with van der Waals surface area (Å²) in [6.45, 7) is 3.44. The quantitative estimate of drug-likeness (QED) is 0.474. The Hall–Kier alpha value is -0.110. The van der Waals surface area contributed by atoms with Gasteiger partial charge in [0.2, 0.25) is 0 Å². The van der Waals surface area contributed by atoms with Crippen molar-refractivity contribution < 1.29 is 9.50 Å². The Balaban J connectivity index is 0. The number of hydrogen-bond donors (Lipinski definition) is 1. The first-order valence-corrected chi connectivity index (χ1v) is 1.79. The van der Waals surface area contributed by atoms with Gasteiger partial charge in [-0.05, 0) is 13.8 Å². The van der Waals surface area contributed by atoms with Crippen LogP contribution >= 0.6 is 0 Å². The molecule has 1 nitrogen and oxygen atoms in total. The summed E-state index contributed by atoms with van der Waals surface area (Å²) < 4.78 is 9.50. The Labute approximate surface area is 37.8 Å². The van der Waals surface area contributed by atoms with E-state index in [-0.39, 0.29) is 6.10 Å². The van der Waals surface area contributed by atoms with E-state index in [0.717, 1.165) is 0 Å². The van der Waals surface area contributed by atoms with Crippen LogP contribution in [0.15, 0.2) is 0 Å². The van der Waals surface area contributed by atoms with Crippen LogP contribution in [0.1, 0.15) is 13.8 Å². The second-order valence-electron chi connectivity index (χ2n) is 1.09. The molecule has 0 aliphatic rings. The van der Waals surface area contributed by atoms with E-state index >= 15 is 0 Å². The Kier molecular flexibility index (Phi) is 13.7. The molecule has 0 fully saturated rings. The molecule has 0 bridgehead atoms. The SMILES string of the molecule is CC(C)O.CF. The predicted molar refractivity (Wildman–Crippen MR) is 24.4 cm³/mol. The van der Waals surface area contributed by atoms with Gasteiger partial charge >= 0.3 is 0 Å². The first-order valence-electron chi connectivity index (χ1n) is 1.79. The minimum atomic E-state index is -0.167. The maximum absolute atomic E-state index is 9.50. The first-order chi connectivity index (χ1) is 2.73. The third kappa shape index (κ3) is 2690. The highest BCUT2D eigenvalue weighted by Gasteiger charge is 1.69. The number of aliphatic hydroxyl groups is 1. The van der Waals surface area contributed by atoms with Crippen LogP contribution in [0.5, 0.6) is 0 Å². The van der Waals surface area contributed by atoms with Crippen LogP contribution < -0.4 is 0 Å². The molecule has 0 spiro atoms. The monoisotopic (exact) mass is 94.1 g/mol. The standard InChI is InChI=1S/C3H8O.CH3F/c1-3(2)4;1-2/h3-4H,1-2H3;1H3. The van der Waals surface area contributed by atoms with Crippen molar-refractivity contribution >= 4 is 0 Å². The van der Waals surface area contributed by atoms with Gasteiger partial charge in [-0.15, -0.1) is 0 Å². The highest BCUT2D eigenvalue weighted by atomic mass is 19.1. The molecule has 0 radical (unpaired) electrons. The summed E-state index contributed by atoms with van der Waals surface area (Å²) in [6, 6.07) is 0. The summed E-state index contributed by atoms with van der Waals surface area (Å²) in [6.07, 6.45) is -0.167. The fourth-order valence-electron chi connectivity index (χ4n) is 0. The van der Waals surface area contributed by atoms with E-state index in [1.165, 1.54) is 0 Å². The van der Waals surface area contributed by atoms with E-state index in [9.17, 15) is 4.39 Å². The van der Waals surface area contributed by atoms with Gasteiger partial charge in [0.05, 0.1) is 7.18 Å². The van der Waals surface area contributed by atoms with E-state index in [0.29, 0.717) is 7.18 Å². The summed E-state index contributed by atoms with van der Waals surface area (Å²) in [5, 5.41) is 8.06. The molecule has 2 heteroatoms. The van der Waals surface area contributed by atoms with E-state index in [2.05, 4.69) is 0 Å². The topological polar surface area (TPSA) is 20.2 Å². The van der Waals surface area contributed by atoms with E-state index in [1.54, 1.807) is 13.8 Å². The molecule has 0 aromatic carbocycles. The Bertz CT molecular complexity index is 12.3. The van der Waals surface area contributed by atoms with Gasteiger partial charge in [-0.25, -0.2) is 0 Å². The molecule has 1 N–H and O–H groups in total. The maximum atomic E-state index is 9.50. The van der Waals surface area contributed by atoms with Crippen molar-refractivity contribution in [2.75, 3.05) is 7.18 Å². The smallest absolute Gasteiger partial charge is 0.0785 e. The number of alkyl halides is 1. The predicted octanol–water partition coefficient (Wildman–Crippen LogP) is 0.973. The summed E-state index contributed by atoms with van der Waals surface area (Å²) in [5.41, 5.74) is 0. The lowest BCUT2D eigenvalue weighted by Gasteiger charge is -1.80. The Morgan fingerprint density at radius 3 is 1.33 bits per heavy atom. The van der Waals surface area contributed by atoms with Gasteiger partial charge in [0, 0.05) is 6.10 Å². The lowest BCUT2D eigenvalue weighted by Crippen LogP contribution is -1.85. The third-order valence-electron chi connectivity index (χ3n) is 0. The molecule has 6 heavy (non-hydrogen) atoms. The third-order valence-corrected chi connectivity index (χ3v) is 0. The van der Waals surface area contributed by atoms with Crippen molar-refractivity contribution in [1.29, 1.82) is 0 Å². The zero-order valence-electron chi connectivity index (χ0n) is 4.40. The van der Waals surface area contributed by atoms with Gasteiger partial charge in [0.1, 0.15) is 0 Å². The number of halogens is 1. The van der Waals surface area contributed by atoms with E-state index in [4.69, 9.17) is 5.11 Å². The first kappa shape index (κ1) is 9.31. The minimum Gasteiger partial charge on any atom is -0.394 e. The zero-order valence-corrected chi connectivity index (χ0v) is 4.40. The lowest BCUT2D eigenvalue weighted by atomic mass is 10.5. The van der Waals surface area contributed by atoms with Gasteiger partial charge in [0.15, 0.2) is 0 Å². The largest absolute Gasteiger partial charge is 0.394 e. The molecule has 0 saturated carbocycles. The van der Waals surface area contributed by atoms with Crippen molar-refractivity contribution in [2.45, 2.75) is 20.0 Å². The molecule has 0 rings (SSSR count). The highest BCUT2D eigenvalue weighted by molar-refractivity contribution is 4.20. The molecule has 0 heterocycles. The second kappa shape index (κ2) is 8.86. The molecule has 0 atom stereocenters. The van der Waals surface area contributed by atoms with Gasteiger partial charge < -0.3 is 5.11 Å². The van der Waals surface area contributed by atoms with Crippen molar-refractivity contribution in [3.05, 3.63) is 0 Å². The fourth-order valence-corrected chi connectivity index (χ4v) is 0. The van der Waals surface area contributed by atoms with Crippen molar-refractivity contribution in [1.82, 2.24) is 0 Å². The Morgan fingerprint density at radius 2 is 1.33 bits per heavy atom. The van der Waals surface area contributed by atoms with Gasteiger partial charge in [-0.1, -0.05) is 0 Å². The molecule has 0 amide bonds. The molecule has 0 aromatic heterocycles. The van der Waals surface area contributed by atoms with Crippen molar-refractivity contribution in [2.24, 2.45) is 0 Å². The Morgan fingerprint density at radius 1 is 1.33 bits per heavy atom. The summed E-state index contributed by atoms with van der Waals surface area (Å²) in [5.74, 6) is 0. The van der Waals surface area contributed by atoms with Gasteiger partial charge in [-0.3, -0.25) is 4.39 Å². The van der Waals surface area contributed by atoms with Crippen molar-refractivity contribution in [3.8, 4) is 0 Å². The average molecular weight is 94.1 g/mol. The molecule has 0 saturated heterocycles. The molecule has 0 aliphatic heterocycles. The number of aliphatic hydroxyl groups excluding tert-OH is 1. The molecule has 0 unspecified atom stereocenters. The average Bonchev–Trinajstić information content (AvgIpc) is 1.41. The van der Waals surface area contributed by atoms with Gasteiger partial charge in [-0.2, -0.15) is 0 Å². The van der Waals surface area contributed by atoms with Crippen molar-refractivity contribution in [3.63, 3.8) is 0 Å². The highest BCUT2D eigenvalue weighted by Crippen LogP contribution is 1.65. The van der Waals surface area contributed by atoms with Crippen LogP contribution in [0.3, 0.4) is 0 Å². The van der Waals surface area contributed by atoms with E-state index < -0.39 is 0 Å². The normalized spacial score (nSPS) is 7.00. The zero-order chi connectivity index (χ0) is 5.58. The number of hydrogen-bond acceptors (Lipinski definition) is 1. The van der Waals surface area contributed by atoms with Crippen LogP contribution in [-0.2, 0) is 0 Å². The molecule has 0 aliphatic carbocycles. The number of rotatable bonds is 0. The van der Waals surface area contributed by atoms with Gasteiger partial charge in [0.25, 0.3) is 0 Å². The minimum absolute atomic E-state index is 0.167. The maximum Gasteiger partial charge on any atom is 0.0785 e. The fraction of sp³-hybridized carbons (Fsp3) is 1.00. The molecular weight excluding hydrogens is 83.0 g/mol. The summed E-state index contributed by atoms with van der Waals surface area (Å²) >= 11 is 0. The van der Waals surface area contributed by atoms with Crippen LogP contribution in [0.2, 0.25) is 0 Å². The lowest BCUT2D eigenvalue weighted by molar-refractivity contribution is 0.216. The summed E-state index contributed by atoms with van der Waals surface area (Å²) in [7, 11) is 0.500. The van der Waals surface area contributed by atoms with Crippen LogP contribution in [0, 0.1) is 0 Å². The molecule has 0 aromatic rings. The molecule has 40 valence electrons. The second-order valence-corrected chi connectivity index (χ2v) is 1.09. The summed E-state index contributed by atoms with van der Waals surface area (Å²) in [4.78, 5) is 0.